The van der Waals surface area contributed by atoms with E-state index < -0.39 is 0 Å². The Labute approximate surface area is 56.8 Å². The predicted octanol–water partition coefficient (Wildman–Crippen LogP) is 1.35. The van der Waals surface area contributed by atoms with Crippen LogP contribution in [0.1, 0.15) is 25.7 Å². The van der Waals surface area contributed by atoms with E-state index in [-0.39, 0.29) is 0 Å². The van der Waals surface area contributed by atoms with Crippen LogP contribution < -0.4 is 5.32 Å². The molecule has 51 valence electrons. The molecule has 0 aromatic heterocycles. The zero-order valence-corrected chi connectivity index (χ0v) is 5.82. The first-order chi connectivity index (χ1) is 4.41. The van der Waals surface area contributed by atoms with Gasteiger partial charge in [0.2, 0.25) is 0 Å². The van der Waals surface area contributed by atoms with Gasteiger partial charge in [-0.1, -0.05) is 0 Å². The minimum absolute atomic E-state index is 0.722. The second-order valence-corrected chi connectivity index (χ2v) is 3.46. The van der Waals surface area contributed by atoms with Crippen molar-refractivity contribution in [1.82, 2.24) is 5.32 Å². The zero-order chi connectivity index (χ0) is 6.16. The van der Waals surface area contributed by atoms with Crippen LogP contribution in [0.3, 0.4) is 0 Å². The molecule has 0 aromatic carbocycles. The maximum absolute atomic E-state index is 3.44. The summed E-state index contributed by atoms with van der Waals surface area (Å²) in [7, 11) is 0. The maximum atomic E-state index is 3.44. The highest BCUT2D eigenvalue weighted by molar-refractivity contribution is 4.97. The summed E-state index contributed by atoms with van der Waals surface area (Å²) in [5.41, 5.74) is 0.722. The van der Waals surface area contributed by atoms with Crippen molar-refractivity contribution in [2.45, 2.75) is 25.7 Å². The molecule has 1 heteroatoms. The summed E-state index contributed by atoms with van der Waals surface area (Å²) < 4.78 is 0. The van der Waals surface area contributed by atoms with E-state index in [0.717, 1.165) is 5.41 Å². The van der Waals surface area contributed by atoms with Gasteiger partial charge in [0.15, 0.2) is 0 Å². The molecular weight excluding hydrogens is 110 g/mol. The van der Waals surface area contributed by atoms with Crippen molar-refractivity contribution in [3.8, 4) is 0 Å². The molecule has 2 aliphatic rings. The minimum atomic E-state index is 0.722. The van der Waals surface area contributed by atoms with Crippen molar-refractivity contribution in [3.05, 3.63) is 6.42 Å². The van der Waals surface area contributed by atoms with Crippen molar-refractivity contribution in [3.63, 3.8) is 0 Å². The fourth-order valence-electron chi connectivity index (χ4n) is 2.10. The fourth-order valence-corrected chi connectivity index (χ4v) is 2.10. The molecule has 1 N–H and O–H groups in total. The first kappa shape index (κ1) is 5.72. The van der Waals surface area contributed by atoms with Gasteiger partial charge in [-0.2, -0.15) is 0 Å². The van der Waals surface area contributed by atoms with Crippen molar-refractivity contribution in [2.75, 3.05) is 13.1 Å². The molecule has 1 saturated carbocycles. The highest BCUT2D eigenvalue weighted by atomic mass is 14.9. The second kappa shape index (κ2) is 1.98. The van der Waals surface area contributed by atoms with Gasteiger partial charge in [-0.05, 0) is 44.1 Å². The Bertz CT molecular complexity index is 79.6. The van der Waals surface area contributed by atoms with Gasteiger partial charge >= 0.3 is 0 Å². The third-order valence-corrected chi connectivity index (χ3v) is 2.79. The van der Waals surface area contributed by atoms with Crippen LogP contribution in [-0.2, 0) is 0 Å². The van der Waals surface area contributed by atoms with Gasteiger partial charge in [0.05, 0.1) is 0 Å². The van der Waals surface area contributed by atoms with Crippen molar-refractivity contribution in [2.24, 2.45) is 5.41 Å². The molecule has 9 heavy (non-hydrogen) atoms. The molecule has 1 spiro atoms. The molecule has 1 unspecified atom stereocenters. The van der Waals surface area contributed by atoms with Crippen LogP contribution in [0.2, 0.25) is 0 Å². The summed E-state index contributed by atoms with van der Waals surface area (Å²) in [6.45, 7) is 2.54. The van der Waals surface area contributed by atoms with Crippen LogP contribution in [0, 0.1) is 11.8 Å². The molecule has 1 aliphatic carbocycles. The van der Waals surface area contributed by atoms with Gasteiger partial charge in [-0.15, -0.1) is 0 Å². The number of hydrogen-bond donors (Lipinski definition) is 1. The average molecular weight is 124 g/mol. The van der Waals surface area contributed by atoms with Crippen LogP contribution in [0.25, 0.3) is 0 Å². The van der Waals surface area contributed by atoms with Crippen LogP contribution >= 0.6 is 0 Å². The van der Waals surface area contributed by atoms with Crippen LogP contribution in [0.4, 0.5) is 0 Å². The average Bonchev–Trinajstić information content (AvgIpc) is 2.45. The first-order valence-electron chi connectivity index (χ1n) is 3.94. The van der Waals surface area contributed by atoms with E-state index in [1.54, 1.807) is 0 Å². The number of hydrogen-bond acceptors (Lipinski definition) is 1. The fraction of sp³-hybridized carbons (Fsp3) is 0.875. The molecule has 1 radical (unpaired) electrons. The van der Waals surface area contributed by atoms with Crippen LogP contribution in [0.5, 0.6) is 0 Å². The lowest BCUT2D eigenvalue weighted by molar-refractivity contribution is 0.342. The molecule has 1 atom stereocenters. The molecule has 1 heterocycles. The summed E-state index contributed by atoms with van der Waals surface area (Å²) in [4.78, 5) is 0. The number of nitrogens with one attached hydrogen (secondary N) is 1. The normalized spacial score (nSPS) is 32.0. The summed E-state index contributed by atoms with van der Waals surface area (Å²) >= 11 is 0. The van der Waals surface area contributed by atoms with E-state index >= 15 is 0 Å². The van der Waals surface area contributed by atoms with Crippen LogP contribution in [-0.4, -0.2) is 13.1 Å². The Hall–Kier alpha value is -0.0400. The van der Waals surface area contributed by atoms with E-state index in [4.69, 9.17) is 0 Å². The van der Waals surface area contributed by atoms with E-state index in [2.05, 4.69) is 11.7 Å². The van der Waals surface area contributed by atoms with E-state index in [0.29, 0.717) is 0 Å². The molecule has 2 rings (SSSR count). The molecule has 1 saturated heterocycles. The smallest absolute Gasteiger partial charge is 0.000839 e. The monoisotopic (exact) mass is 124 g/mol. The van der Waals surface area contributed by atoms with Gasteiger partial charge in [-0.25, -0.2) is 0 Å². The summed E-state index contributed by atoms with van der Waals surface area (Å²) in [6, 6.07) is 0. The Morgan fingerprint density at radius 1 is 1.33 bits per heavy atom. The molecular formula is C8H14N. The maximum Gasteiger partial charge on any atom is 0.000839 e. The molecule has 0 amide bonds. The summed E-state index contributed by atoms with van der Waals surface area (Å²) in [5, 5.41) is 3.44. The first-order valence-corrected chi connectivity index (χ1v) is 3.94. The lowest BCUT2D eigenvalue weighted by Gasteiger charge is -2.19. The van der Waals surface area contributed by atoms with E-state index in [9.17, 15) is 0 Å². The topological polar surface area (TPSA) is 12.0 Å². The van der Waals surface area contributed by atoms with Crippen LogP contribution in [0.15, 0.2) is 0 Å². The Morgan fingerprint density at radius 2 is 2.33 bits per heavy atom. The van der Waals surface area contributed by atoms with Crippen molar-refractivity contribution in [1.29, 1.82) is 0 Å². The largest absolute Gasteiger partial charge is 0.316 e. The lowest BCUT2D eigenvalue weighted by atomic mass is 9.86. The highest BCUT2D eigenvalue weighted by Crippen LogP contribution is 2.41. The van der Waals surface area contributed by atoms with Gasteiger partial charge in [0.1, 0.15) is 0 Å². The van der Waals surface area contributed by atoms with Gasteiger partial charge in [0, 0.05) is 6.54 Å². The predicted molar refractivity (Wildman–Crippen MR) is 38.1 cm³/mol. The quantitative estimate of drug-likeness (QED) is 0.514. The second-order valence-electron chi connectivity index (χ2n) is 3.46. The molecule has 1 aliphatic heterocycles. The molecule has 0 aromatic rings. The third-order valence-electron chi connectivity index (χ3n) is 2.79. The molecule has 1 nitrogen and oxygen atoms in total. The standard InChI is InChI=1S/C8H14N/c1-2-4-8(3-1)5-6-9-7-8/h1,9H,2-7H2. The van der Waals surface area contributed by atoms with Gasteiger partial charge in [0.25, 0.3) is 0 Å². The van der Waals surface area contributed by atoms with E-state index in [1.807, 2.05) is 0 Å². The SMILES string of the molecule is [CH]1CCC2(C1)CCNC2. The summed E-state index contributed by atoms with van der Waals surface area (Å²) in [6.07, 6.45) is 8.05. The lowest BCUT2D eigenvalue weighted by Crippen LogP contribution is -2.19. The molecule has 0 bridgehead atoms. The Kier molecular flexibility index (Phi) is 1.26. The Balaban J connectivity index is 2.04. The van der Waals surface area contributed by atoms with Gasteiger partial charge < -0.3 is 5.32 Å². The van der Waals surface area contributed by atoms with Crippen molar-refractivity contribution >= 4 is 0 Å². The highest BCUT2D eigenvalue weighted by Gasteiger charge is 2.36. The zero-order valence-electron chi connectivity index (χ0n) is 5.82. The van der Waals surface area contributed by atoms with E-state index in [1.165, 1.54) is 38.8 Å². The van der Waals surface area contributed by atoms with Gasteiger partial charge in [-0.3, -0.25) is 0 Å². The Morgan fingerprint density at radius 3 is 2.89 bits per heavy atom. The third kappa shape index (κ3) is 0.877. The summed E-state index contributed by atoms with van der Waals surface area (Å²) in [5.74, 6) is 0. The van der Waals surface area contributed by atoms with Crippen molar-refractivity contribution < 1.29 is 0 Å². The minimum Gasteiger partial charge on any atom is -0.316 e. The number of rotatable bonds is 0. The molecule has 2 fully saturated rings.